The third-order valence-corrected chi connectivity index (χ3v) is 7.85. The molecule has 2 aromatic carbocycles. The standard InChI is InChI=1S/C26H32N2O2/c1-3-18-17-28-14-11-19(18)15-24(28)25(29)26(20-7-5-4-6-8-20)12-13-27-23-10-9-21(30-2)16-22(23)26/h3-10,16,18-19,24-25,27,29H,1,11-15,17H2,2H3. The molecule has 2 aromatic rings. The van der Waals surface area contributed by atoms with Crippen LogP contribution in [0.2, 0.25) is 0 Å². The van der Waals surface area contributed by atoms with Gasteiger partial charge in [0.05, 0.1) is 18.6 Å². The number of hydrogen-bond acceptors (Lipinski definition) is 4. The van der Waals surface area contributed by atoms with E-state index in [0.717, 1.165) is 49.5 Å². The fraction of sp³-hybridized carbons (Fsp3) is 0.462. The number of methoxy groups -OCH3 is 1. The molecule has 0 saturated carbocycles. The first-order valence-electron chi connectivity index (χ1n) is 11.2. The zero-order chi connectivity index (χ0) is 20.7. The summed E-state index contributed by atoms with van der Waals surface area (Å²) in [6, 6.07) is 17.0. The van der Waals surface area contributed by atoms with Crippen LogP contribution in [-0.2, 0) is 5.41 Å². The molecule has 0 spiro atoms. The van der Waals surface area contributed by atoms with Gasteiger partial charge in [0.25, 0.3) is 0 Å². The summed E-state index contributed by atoms with van der Waals surface area (Å²) in [7, 11) is 1.71. The Morgan fingerprint density at radius 3 is 2.80 bits per heavy atom. The van der Waals surface area contributed by atoms with Gasteiger partial charge in [-0.3, -0.25) is 4.90 Å². The minimum Gasteiger partial charge on any atom is -0.497 e. The van der Waals surface area contributed by atoms with E-state index in [4.69, 9.17) is 4.74 Å². The van der Waals surface area contributed by atoms with E-state index in [-0.39, 0.29) is 6.04 Å². The first kappa shape index (κ1) is 19.7. The number of fused-ring (bicyclic) bond motifs is 4. The molecule has 2 N–H and O–H groups in total. The number of anilines is 1. The second kappa shape index (κ2) is 7.75. The SMILES string of the molecule is C=CC1CN2CCC1CC2C(O)C1(c2ccccc2)CCNc2ccc(OC)cc21. The van der Waals surface area contributed by atoms with Crippen LogP contribution in [0.3, 0.4) is 0 Å². The molecular formula is C26H32N2O2. The van der Waals surface area contributed by atoms with Gasteiger partial charge in [0.2, 0.25) is 0 Å². The molecule has 3 fully saturated rings. The summed E-state index contributed by atoms with van der Waals surface area (Å²) in [5.41, 5.74) is 2.98. The van der Waals surface area contributed by atoms with Gasteiger partial charge in [0.1, 0.15) is 5.75 Å². The Bertz CT molecular complexity index is 915. The molecule has 6 unspecified atom stereocenters. The number of benzene rings is 2. The van der Waals surface area contributed by atoms with Crippen LogP contribution in [0, 0.1) is 11.8 Å². The smallest absolute Gasteiger partial charge is 0.119 e. The van der Waals surface area contributed by atoms with E-state index in [9.17, 15) is 5.11 Å². The number of aliphatic hydroxyl groups is 1. The number of nitrogens with zero attached hydrogens (tertiary/aromatic N) is 1. The lowest BCUT2D eigenvalue weighted by Gasteiger charge is -2.55. The molecule has 4 heteroatoms. The van der Waals surface area contributed by atoms with Crippen LogP contribution in [-0.4, -0.2) is 48.9 Å². The first-order valence-corrected chi connectivity index (χ1v) is 11.2. The predicted octanol–water partition coefficient (Wildman–Crippen LogP) is 4.05. The summed E-state index contributed by atoms with van der Waals surface area (Å²) < 4.78 is 5.58. The van der Waals surface area contributed by atoms with E-state index in [0.29, 0.717) is 11.8 Å². The van der Waals surface area contributed by atoms with Crippen molar-refractivity contribution in [3.8, 4) is 5.75 Å². The molecule has 6 rings (SSSR count). The van der Waals surface area contributed by atoms with Crippen LogP contribution in [0.15, 0.2) is 61.2 Å². The van der Waals surface area contributed by atoms with Crippen LogP contribution in [0.5, 0.6) is 5.75 Å². The van der Waals surface area contributed by atoms with E-state index in [1.807, 2.05) is 6.07 Å². The number of ether oxygens (including phenoxy) is 1. The molecule has 4 aliphatic rings. The van der Waals surface area contributed by atoms with Crippen molar-refractivity contribution in [1.82, 2.24) is 4.90 Å². The van der Waals surface area contributed by atoms with Crippen LogP contribution < -0.4 is 10.1 Å². The fourth-order valence-corrected chi connectivity index (χ4v) is 6.25. The molecule has 3 saturated heterocycles. The zero-order valence-corrected chi connectivity index (χ0v) is 17.8. The van der Waals surface area contributed by atoms with Gasteiger partial charge >= 0.3 is 0 Å². The normalized spacial score (nSPS) is 33.3. The van der Waals surface area contributed by atoms with Crippen LogP contribution in [0.25, 0.3) is 0 Å². The highest BCUT2D eigenvalue weighted by Gasteiger charge is 2.52. The second-order valence-corrected chi connectivity index (χ2v) is 9.12. The minimum absolute atomic E-state index is 0.164. The highest BCUT2D eigenvalue weighted by molar-refractivity contribution is 5.63. The van der Waals surface area contributed by atoms with Crippen molar-refractivity contribution in [2.24, 2.45) is 11.8 Å². The highest BCUT2D eigenvalue weighted by Crippen LogP contribution is 2.50. The first-order chi connectivity index (χ1) is 14.7. The second-order valence-electron chi connectivity index (χ2n) is 9.12. The van der Waals surface area contributed by atoms with E-state index < -0.39 is 11.5 Å². The molecule has 4 nitrogen and oxygen atoms in total. The summed E-state index contributed by atoms with van der Waals surface area (Å²) in [5.74, 6) is 2.02. The van der Waals surface area contributed by atoms with E-state index >= 15 is 0 Å². The van der Waals surface area contributed by atoms with Crippen LogP contribution in [0.1, 0.15) is 30.4 Å². The Kier molecular flexibility index (Phi) is 5.08. The average Bonchev–Trinajstić information content (AvgIpc) is 2.83. The Hall–Kier alpha value is -2.30. The molecule has 4 heterocycles. The lowest BCUT2D eigenvalue weighted by atomic mass is 9.61. The lowest BCUT2D eigenvalue weighted by molar-refractivity contribution is -0.0669. The van der Waals surface area contributed by atoms with Gasteiger partial charge in [-0.15, -0.1) is 6.58 Å². The van der Waals surface area contributed by atoms with Gasteiger partial charge in [-0.1, -0.05) is 36.4 Å². The zero-order valence-electron chi connectivity index (χ0n) is 17.8. The van der Waals surface area contributed by atoms with Crippen LogP contribution >= 0.6 is 0 Å². The Labute approximate surface area is 179 Å². The predicted molar refractivity (Wildman–Crippen MR) is 121 cm³/mol. The fourth-order valence-electron chi connectivity index (χ4n) is 6.25. The van der Waals surface area contributed by atoms with Crippen molar-refractivity contribution < 1.29 is 9.84 Å². The van der Waals surface area contributed by atoms with Gasteiger partial charge in [-0.25, -0.2) is 0 Å². The van der Waals surface area contributed by atoms with E-state index in [1.165, 1.54) is 12.0 Å². The quantitative estimate of drug-likeness (QED) is 0.738. The largest absolute Gasteiger partial charge is 0.497 e. The molecule has 30 heavy (non-hydrogen) atoms. The summed E-state index contributed by atoms with van der Waals surface area (Å²) in [5, 5.41) is 15.7. The van der Waals surface area contributed by atoms with Gasteiger partial charge < -0.3 is 15.2 Å². The van der Waals surface area contributed by atoms with Crippen molar-refractivity contribution in [2.75, 3.05) is 32.1 Å². The Morgan fingerprint density at radius 2 is 2.10 bits per heavy atom. The van der Waals surface area contributed by atoms with Gasteiger partial charge in [0.15, 0.2) is 0 Å². The maximum absolute atomic E-state index is 12.2. The molecule has 6 atom stereocenters. The molecule has 0 amide bonds. The molecule has 0 aromatic heterocycles. The monoisotopic (exact) mass is 404 g/mol. The van der Waals surface area contributed by atoms with Gasteiger partial charge in [-0.2, -0.15) is 0 Å². The van der Waals surface area contributed by atoms with Crippen molar-refractivity contribution in [2.45, 2.75) is 36.8 Å². The summed E-state index contributed by atoms with van der Waals surface area (Å²) in [4.78, 5) is 2.52. The van der Waals surface area contributed by atoms with Crippen LogP contribution in [0.4, 0.5) is 5.69 Å². The lowest BCUT2D eigenvalue weighted by Crippen LogP contribution is -2.62. The minimum atomic E-state index is -0.485. The topological polar surface area (TPSA) is 44.7 Å². The van der Waals surface area contributed by atoms with Crippen molar-refractivity contribution in [1.29, 1.82) is 0 Å². The molecule has 0 radical (unpaired) electrons. The number of piperidine rings is 3. The Balaban J connectivity index is 1.63. The van der Waals surface area contributed by atoms with E-state index in [1.54, 1.807) is 7.11 Å². The molecule has 158 valence electrons. The third-order valence-electron chi connectivity index (χ3n) is 7.85. The number of rotatable bonds is 5. The summed E-state index contributed by atoms with van der Waals surface area (Å²) in [6.45, 7) is 7.00. The van der Waals surface area contributed by atoms with Gasteiger partial charge in [0, 0.05) is 24.8 Å². The average molecular weight is 405 g/mol. The molecule has 0 aliphatic carbocycles. The highest BCUT2D eigenvalue weighted by atomic mass is 16.5. The number of hydrogen-bond donors (Lipinski definition) is 2. The Morgan fingerprint density at radius 1 is 1.27 bits per heavy atom. The van der Waals surface area contributed by atoms with Crippen molar-refractivity contribution in [3.63, 3.8) is 0 Å². The maximum atomic E-state index is 12.2. The third kappa shape index (κ3) is 2.97. The summed E-state index contributed by atoms with van der Waals surface area (Å²) in [6.07, 6.45) is 4.75. The molecule has 2 bridgehead atoms. The maximum Gasteiger partial charge on any atom is 0.119 e. The number of aliphatic hydroxyl groups excluding tert-OH is 1. The van der Waals surface area contributed by atoms with E-state index in [2.05, 4.69) is 65.3 Å². The van der Waals surface area contributed by atoms with Gasteiger partial charge in [-0.05, 0) is 67.0 Å². The summed E-state index contributed by atoms with van der Waals surface area (Å²) >= 11 is 0. The van der Waals surface area contributed by atoms with Crippen molar-refractivity contribution in [3.05, 3.63) is 72.3 Å². The van der Waals surface area contributed by atoms with Crippen molar-refractivity contribution >= 4 is 5.69 Å². The molecule has 4 aliphatic heterocycles. The number of nitrogens with one attached hydrogen (secondary N) is 1. The molecular weight excluding hydrogens is 372 g/mol.